The zero-order valence-corrected chi connectivity index (χ0v) is 13.9. The summed E-state index contributed by atoms with van der Waals surface area (Å²) in [6.07, 6.45) is 2.67. The Morgan fingerprint density at radius 1 is 1.45 bits per heavy atom. The van der Waals surface area contributed by atoms with E-state index in [1.807, 2.05) is 17.5 Å². The summed E-state index contributed by atoms with van der Waals surface area (Å²) < 4.78 is 10.1. The second-order valence-corrected chi connectivity index (χ2v) is 7.61. The van der Waals surface area contributed by atoms with Gasteiger partial charge < -0.3 is 14.7 Å². The molecule has 4 rings (SSSR count). The van der Waals surface area contributed by atoms with Crippen molar-refractivity contribution >= 4 is 28.0 Å². The minimum absolute atomic E-state index is 0.158. The molecule has 0 bridgehead atoms. The van der Waals surface area contributed by atoms with Gasteiger partial charge in [-0.05, 0) is 24.3 Å². The fraction of sp³-hybridized carbons (Fsp3) is 0.600. The minimum atomic E-state index is -0.440. The predicted molar refractivity (Wildman–Crippen MR) is 87.7 cm³/mol. The summed E-state index contributed by atoms with van der Waals surface area (Å²) in [6, 6.07) is 4.12. The van der Waals surface area contributed by atoms with Crippen LogP contribution in [0.5, 0.6) is 0 Å². The SMILES string of the molecule is O[C@H](C[C@H]1COCCN1c1nc(C2CC2)ns1)c1cccs1. The fourth-order valence-electron chi connectivity index (χ4n) is 2.81. The molecule has 22 heavy (non-hydrogen) atoms. The van der Waals surface area contributed by atoms with Gasteiger partial charge in [-0.1, -0.05) is 6.07 Å². The predicted octanol–water partition coefficient (Wildman–Crippen LogP) is 2.81. The van der Waals surface area contributed by atoms with Crippen molar-refractivity contribution in [1.29, 1.82) is 0 Å². The Bertz CT molecular complexity index is 612. The van der Waals surface area contributed by atoms with Crippen molar-refractivity contribution in [3.63, 3.8) is 0 Å². The number of aliphatic hydroxyl groups is 1. The Hall–Kier alpha value is -1.02. The van der Waals surface area contributed by atoms with Gasteiger partial charge in [-0.15, -0.1) is 11.3 Å². The highest BCUT2D eigenvalue weighted by molar-refractivity contribution is 7.10. The van der Waals surface area contributed by atoms with Gasteiger partial charge in [0.05, 0.1) is 25.4 Å². The average molecular weight is 337 g/mol. The van der Waals surface area contributed by atoms with Crippen molar-refractivity contribution < 1.29 is 9.84 Å². The molecule has 2 aromatic rings. The van der Waals surface area contributed by atoms with E-state index in [-0.39, 0.29) is 6.04 Å². The highest BCUT2D eigenvalue weighted by atomic mass is 32.1. The van der Waals surface area contributed by atoms with Gasteiger partial charge in [-0.25, -0.2) is 4.98 Å². The number of ether oxygens (including phenoxy) is 1. The van der Waals surface area contributed by atoms with Crippen molar-refractivity contribution in [2.24, 2.45) is 0 Å². The molecule has 1 N–H and O–H groups in total. The maximum atomic E-state index is 10.4. The summed E-state index contributed by atoms with van der Waals surface area (Å²) in [4.78, 5) is 8.00. The Kier molecular flexibility index (Phi) is 4.13. The average Bonchev–Trinajstić information content (AvgIpc) is 3.05. The van der Waals surface area contributed by atoms with Gasteiger partial charge in [0.15, 0.2) is 0 Å². The molecular formula is C15H19N3O2S2. The van der Waals surface area contributed by atoms with Crippen molar-refractivity contribution in [1.82, 2.24) is 9.36 Å². The number of morpholine rings is 1. The quantitative estimate of drug-likeness (QED) is 0.909. The molecule has 2 aromatic heterocycles. The fourth-order valence-corrected chi connectivity index (χ4v) is 4.38. The van der Waals surface area contributed by atoms with Crippen LogP contribution in [-0.4, -0.2) is 40.3 Å². The molecule has 3 heterocycles. The highest BCUT2D eigenvalue weighted by Crippen LogP contribution is 2.40. The van der Waals surface area contributed by atoms with Crippen LogP contribution in [0.2, 0.25) is 0 Å². The normalized spacial score (nSPS) is 23.7. The Morgan fingerprint density at radius 3 is 3.14 bits per heavy atom. The number of nitrogens with zero attached hydrogens (tertiary/aromatic N) is 3. The number of anilines is 1. The van der Waals surface area contributed by atoms with Gasteiger partial charge >= 0.3 is 0 Å². The van der Waals surface area contributed by atoms with E-state index in [9.17, 15) is 5.11 Å². The van der Waals surface area contributed by atoms with Crippen molar-refractivity contribution in [2.75, 3.05) is 24.7 Å². The van der Waals surface area contributed by atoms with Crippen molar-refractivity contribution in [3.05, 3.63) is 28.2 Å². The van der Waals surface area contributed by atoms with E-state index < -0.39 is 6.10 Å². The van der Waals surface area contributed by atoms with Gasteiger partial charge in [-0.3, -0.25) is 0 Å². The Labute approximate surface area is 137 Å². The van der Waals surface area contributed by atoms with Gasteiger partial charge in [0.1, 0.15) is 5.82 Å². The molecule has 0 spiro atoms. The number of rotatable bonds is 5. The lowest BCUT2D eigenvalue weighted by molar-refractivity contribution is 0.0688. The van der Waals surface area contributed by atoms with Crippen LogP contribution in [0.15, 0.2) is 17.5 Å². The van der Waals surface area contributed by atoms with Gasteiger partial charge in [0.2, 0.25) is 5.13 Å². The zero-order valence-electron chi connectivity index (χ0n) is 12.2. The number of hydrogen-bond donors (Lipinski definition) is 1. The number of hydrogen-bond acceptors (Lipinski definition) is 7. The van der Waals surface area contributed by atoms with E-state index in [1.165, 1.54) is 24.4 Å². The Balaban J connectivity index is 1.48. The van der Waals surface area contributed by atoms with Crippen molar-refractivity contribution in [3.8, 4) is 0 Å². The van der Waals surface area contributed by atoms with Crippen LogP contribution >= 0.6 is 22.9 Å². The number of aromatic nitrogens is 2. The number of thiophene rings is 1. The zero-order chi connectivity index (χ0) is 14.9. The third-order valence-corrected chi connectivity index (χ3v) is 5.95. The molecule has 7 heteroatoms. The van der Waals surface area contributed by atoms with Crippen LogP contribution in [-0.2, 0) is 4.74 Å². The smallest absolute Gasteiger partial charge is 0.205 e. The van der Waals surface area contributed by atoms with Crippen LogP contribution in [0.3, 0.4) is 0 Å². The van der Waals surface area contributed by atoms with E-state index in [4.69, 9.17) is 9.72 Å². The lowest BCUT2D eigenvalue weighted by atomic mass is 10.1. The maximum Gasteiger partial charge on any atom is 0.205 e. The van der Waals surface area contributed by atoms with Crippen LogP contribution in [0.1, 0.15) is 42.0 Å². The minimum Gasteiger partial charge on any atom is -0.387 e. The van der Waals surface area contributed by atoms with Crippen LogP contribution < -0.4 is 4.90 Å². The summed E-state index contributed by atoms with van der Waals surface area (Å²) in [6.45, 7) is 2.17. The van der Waals surface area contributed by atoms with Crippen LogP contribution in [0.4, 0.5) is 5.13 Å². The van der Waals surface area contributed by atoms with Gasteiger partial charge in [0.25, 0.3) is 0 Å². The van der Waals surface area contributed by atoms with E-state index >= 15 is 0 Å². The van der Waals surface area contributed by atoms with Crippen LogP contribution in [0.25, 0.3) is 0 Å². The van der Waals surface area contributed by atoms with Gasteiger partial charge in [-0.2, -0.15) is 4.37 Å². The lowest BCUT2D eigenvalue weighted by Gasteiger charge is -2.36. The number of aliphatic hydroxyl groups excluding tert-OH is 1. The standard InChI is InChI=1S/C15H19N3O2S2/c19-12(13-2-1-7-21-13)8-11-9-20-6-5-18(11)15-16-14(17-22-15)10-3-4-10/h1-2,7,10-12,19H,3-6,8-9H2/t11-,12+/m0/s1. The molecule has 0 radical (unpaired) electrons. The molecule has 1 aliphatic carbocycles. The van der Waals surface area contributed by atoms with Crippen molar-refractivity contribution in [2.45, 2.75) is 37.3 Å². The summed E-state index contributed by atoms with van der Waals surface area (Å²) in [5.74, 6) is 1.59. The third kappa shape index (κ3) is 3.03. The first-order valence-electron chi connectivity index (χ1n) is 7.70. The highest BCUT2D eigenvalue weighted by Gasteiger charge is 2.32. The summed E-state index contributed by atoms with van der Waals surface area (Å²) in [7, 11) is 0. The first-order valence-corrected chi connectivity index (χ1v) is 9.36. The second-order valence-electron chi connectivity index (χ2n) is 5.90. The molecule has 2 aliphatic rings. The first kappa shape index (κ1) is 14.6. The summed E-state index contributed by atoms with van der Waals surface area (Å²) in [5, 5.41) is 13.4. The molecule has 1 aliphatic heterocycles. The summed E-state index contributed by atoms with van der Waals surface area (Å²) >= 11 is 3.08. The first-order chi connectivity index (χ1) is 10.8. The second kappa shape index (κ2) is 6.23. The molecule has 1 saturated carbocycles. The Morgan fingerprint density at radius 2 is 2.36 bits per heavy atom. The molecule has 118 valence electrons. The monoisotopic (exact) mass is 337 g/mol. The lowest BCUT2D eigenvalue weighted by Crippen LogP contribution is -2.46. The molecular weight excluding hydrogens is 318 g/mol. The van der Waals surface area contributed by atoms with E-state index in [0.29, 0.717) is 25.6 Å². The summed E-state index contributed by atoms with van der Waals surface area (Å²) in [5.41, 5.74) is 0. The van der Waals surface area contributed by atoms with Gasteiger partial charge in [0, 0.05) is 35.3 Å². The molecule has 0 amide bonds. The molecule has 5 nitrogen and oxygen atoms in total. The topological polar surface area (TPSA) is 58.5 Å². The molecule has 1 saturated heterocycles. The van der Waals surface area contributed by atoms with E-state index in [2.05, 4.69) is 9.27 Å². The third-order valence-electron chi connectivity index (χ3n) is 4.21. The van der Waals surface area contributed by atoms with E-state index in [0.717, 1.165) is 22.4 Å². The largest absolute Gasteiger partial charge is 0.387 e. The van der Waals surface area contributed by atoms with Crippen LogP contribution in [0, 0.1) is 0 Å². The molecule has 0 aromatic carbocycles. The molecule has 2 fully saturated rings. The molecule has 2 atom stereocenters. The maximum absolute atomic E-state index is 10.4. The van der Waals surface area contributed by atoms with E-state index in [1.54, 1.807) is 11.3 Å². The molecule has 0 unspecified atom stereocenters.